The molecule has 1 aliphatic carbocycles. The summed E-state index contributed by atoms with van der Waals surface area (Å²) in [6, 6.07) is 12.9. The molecule has 0 amide bonds. The van der Waals surface area contributed by atoms with Gasteiger partial charge in [-0.25, -0.2) is 13.4 Å². The second kappa shape index (κ2) is 6.15. The van der Waals surface area contributed by atoms with Gasteiger partial charge in [-0.1, -0.05) is 29.8 Å². The normalized spacial score (nSPS) is 21.0. The molecule has 1 radical (unpaired) electrons. The number of fused-ring (bicyclic) bond motifs is 1. The number of benzene rings is 2. The molecule has 0 aliphatic heterocycles. The maximum absolute atomic E-state index is 11.8. The molecular formula is C19H17ClNO3S. The highest BCUT2D eigenvalue weighted by molar-refractivity contribution is 7.90. The first-order valence-corrected chi connectivity index (χ1v) is 10.4. The van der Waals surface area contributed by atoms with Crippen LogP contribution < -0.4 is 0 Å². The molecule has 1 heterocycles. The van der Waals surface area contributed by atoms with Crippen LogP contribution in [0.25, 0.3) is 11.1 Å². The van der Waals surface area contributed by atoms with E-state index in [9.17, 15) is 8.42 Å². The molecule has 3 aromatic rings. The largest absolute Gasteiger partial charge is 0.440 e. The molecule has 4 rings (SSSR count). The average Bonchev–Trinajstić information content (AvgIpc) is 3.19. The lowest BCUT2D eigenvalue weighted by molar-refractivity contribution is 0.457. The lowest BCUT2D eigenvalue weighted by atomic mass is 9.89. The topological polar surface area (TPSA) is 60.2 Å². The van der Waals surface area contributed by atoms with Gasteiger partial charge in [-0.15, -0.1) is 0 Å². The van der Waals surface area contributed by atoms with E-state index >= 15 is 0 Å². The van der Waals surface area contributed by atoms with Crippen LogP contribution in [0.1, 0.15) is 36.1 Å². The van der Waals surface area contributed by atoms with Crippen molar-refractivity contribution in [3.63, 3.8) is 0 Å². The van der Waals surface area contributed by atoms with Gasteiger partial charge in [0, 0.05) is 12.2 Å². The van der Waals surface area contributed by atoms with Crippen LogP contribution in [0.15, 0.2) is 51.8 Å². The Morgan fingerprint density at radius 1 is 1.20 bits per heavy atom. The second-order valence-electron chi connectivity index (χ2n) is 6.43. The number of rotatable bonds is 3. The van der Waals surface area contributed by atoms with E-state index in [4.69, 9.17) is 16.0 Å². The molecule has 25 heavy (non-hydrogen) atoms. The Labute approximate surface area is 151 Å². The SMILES string of the molecule is CS(=O)(=O)c1ccc(C2[CH]CCC2c2nc3ccccc3o2)cc1Cl. The number of sulfone groups is 1. The monoisotopic (exact) mass is 374 g/mol. The van der Waals surface area contributed by atoms with E-state index in [-0.39, 0.29) is 21.8 Å². The average molecular weight is 375 g/mol. The van der Waals surface area contributed by atoms with Crippen LogP contribution in [0.2, 0.25) is 5.02 Å². The predicted molar refractivity (Wildman–Crippen MR) is 97.6 cm³/mol. The van der Waals surface area contributed by atoms with E-state index in [1.807, 2.05) is 30.3 Å². The van der Waals surface area contributed by atoms with Crippen molar-refractivity contribution in [3.8, 4) is 0 Å². The van der Waals surface area contributed by atoms with E-state index in [1.165, 1.54) is 0 Å². The van der Waals surface area contributed by atoms with Gasteiger partial charge < -0.3 is 4.42 Å². The number of nitrogens with zero attached hydrogens (tertiary/aromatic N) is 1. The summed E-state index contributed by atoms with van der Waals surface area (Å²) < 4.78 is 29.5. The summed E-state index contributed by atoms with van der Waals surface area (Å²) in [5.41, 5.74) is 2.63. The first-order chi connectivity index (χ1) is 11.9. The fraction of sp³-hybridized carbons (Fsp3) is 0.263. The first-order valence-electron chi connectivity index (χ1n) is 8.12. The van der Waals surface area contributed by atoms with Crippen LogP contribution in [-0.2, 0) is 9.84 Å². The predicted octanol–water partition coefficient (Wildman–Crippen LogP) is 4.75. The Morgan fingerprint density at radius 2 is 2.00 bits per heavy atom. The van der Waals surface area contributed by atoms with Gasteiger partial charge in [-0.05, 0) is 55.0 Å². The summed E-state index contributed by atoms with van der Waals surface area (Å²) >= 11 is 6.22. The highest BCUT2D eigenvalue weighted by atomic mass is 35.5. The quantitative estimate of drug-likeness (QED) is 0.663. The Morgan fingerprint density at radius 3 is 2.72 bits per heavy atom. The molecule has 0 saturated heterocycles. The molecule has 1 fully saturated rings. The lowest BCUT2D eigenvalue weighted by Crippen LogP contribution is -2.07. The van der Waals surface area contributed by atoms with Gasteiger partial charge >= 0.3 is 0 Å². The van der Waals surface area contributed by atoms with E-state index in [0.29, 0.717) is 0 Å². The summed E-state index contributed by atoms with van der Waals surface area (Å²) in [5, 5.41) is 0.261. The minimum atomic E-state index is -3.33. The van der Waals surface area contributed by atoms with Crippen molar-refractivity contribution in [2.45, 2.75) is 29.6 Å². The van der Waals surface area contributed by atoms with E-state index in [1.54, 1.807) is 12.1 Å². The Hall–Kier alpha value is -1.85. The standard InChI is InChI=1S/C19H17ClNO3S/c1-25(22,23)18-10-9-12(11-15(18)20)13-5-4-6-14(13)19-21-16-7-2-3-8-17(16)24-19/h2-3,5,7-11,13-14H,4,6H2,1H3. The zero-order chi connectivity index (χ0) is 17.6. The van der Waals surface area contributed by atoms with Crippen LogP contribution in [0, 0.1) is 6.42 Å². The van der Waals surface area contributed by atoms with Crippen molar-refractivity contribution in [3.05, 3.63) is 65.4 Å². The van der Waals surface area contributed by atoms with Gasteiger partial charge in [0.2, 0.25) is 0 Å². The fourth-order valence-electron chi connectivity index (χ4n) is 3.52. The maximum Gasteiger partial charge on any atom is 0.199 e. The summed E-state index contributed by atoms with van der Waals surface area (Å²) in [6.07, 6.45) is 5.30. The third kappa shape index (κ3) is 3.07. The molecule has 2 unspecified atom stereocenters. The highest BCUT2D eigenvalue weighted by Gasteiger charge is 2.34. The molecule has 1 aromatic heterocycles. The van der Waals surface area contributed by atoms with Crippen molar-refractivity contribution < 1.29 is 12.8 Å². The van der Waals surface area contributed by atoms with Gasteiger partial charge in [-0.2, -0.15) is 0 Å². The number of aromatic nitrogens is 1. The Balaban J connectivity index is 1.71. The smallest absolute Gasteiger partial charge is 0.199 e. The fourth-order valence-corrected chi connectivity index (χ4v) is 4.86. The molecule has 0 bridgehead atoms. The molecule has 0 spiro atoms. The molecule has 1 aliphatic rings. The zero-order valence-corrected chi connectivity index (χ0v) is 15.2. The third-order valence-corrected chi connectivity index (χ3v) is 6.28. The zero-order valence-electron chi connectivity index (χ0n) is 13.6. The molecule has 2 aromatic carbocycles. The number of hydrogen-bond donors (Lipinski definition) is 0. The maximum atomic E-state index is 11.8. The van der Waals surface area contributed by atoms with Crippen LogP contribution >= 0.6 is 11.6 Å². The number of oxazole rings is 1. The number of halogens is 1. The van der Waals surface area contributed by atoms with Crippen molar-refractivity contribution in [2.24, 2.45) is 0 Å². The minimum Gasteiger partial charge on any atom is -0.440 e. The number of hydrogen-bond acceptors (Lipinski definition) is 4. The molecule has 1 saturated carbocycles. The molecule has 0 N–H and O–H groups in total. The highest BCUT2D eigenvalue weighted by Crippen LogP contribution is 2.46. The van der Waals surface area contributed by atoms with Crippen LogP contribution in [0.5, 0.6) is 0 Å². The summed E-state index contributed by atoms with van der Waals surface area (Å²) in [7, 11) is -3.33. The van der Waals surface area contributed by atoms with Crippen molar-refractivity contribution in [1.82, 2.24) is 4.98 Å². The summed E-state index contributed by atoms with van der Waals surface area (Å²) in [6.45, 7) is 0. The van der Waals surface area contributed by atoms with Crippen molar-refractivity contribution in [1.29, 1.82) is 0 Å². The third-order valence-electron chi connectivity index (χ3n) is 4.70. The van der Waals surface area contributed by atoms with E-state index in [2.05, 4.69) is 11.4 Å². The van der Waals surface area contributed by atoms with Crippen molar-refractivity contribution >= 4 is 32.5 Å². The second-order valence-corrected chi connectivity index (χ2v) is 8.82. The van der Waals surface area contributed by atoms with E-state index < -0.39 is 9.84 Å². The Bertz CT molecular complexity index is 1010. The first kappa shape index (κ1) is 16.6. The molecule has 4 nitrogen and oxygen atoms in total. The van der Waals surface area contributed by atoms with Crippen molar-refractivity contribution in [2.75, 3.05) is 6.26 Å². The molecular weight excluding hydrogens is 358 g/mol. The molecule has 6 heteroatoms. The van der Waals surface area contributed by atoms with Gasteiger partial charge in [0.25, 0.3) is 0 Å². The van der Waals surface area contributed by atoms with Crippen LogP contribution in [0.4, 0.5) is 0 Å². The minimum absolute atomic E-state index is 0.110. The van der Waals surface area contributed by atoms with Crippen LogP contribution in [0.3, 0.4) is 0 Å². The molecule has 129 valence electrons. The summed E-state index contributed by atoms with van der Waals surface area (Å²) in [4.78, 5) is 4.80. The van der Waals surface area contributed by atoms with Gasteiger partial charge in [0.1, 0.15) is 5.52 Å². The number of para-hydroxylation sites is 2. The van der Waals surface area contributed by atoms with Gasteiger partial charge in [-0.3, -0.25) is 0 Å². The molecule has 2 atom stereocenters. The van der Waals surface area contributed by atoms with Gasteiger partial charge in [0.05, 0.1) is 9.92 Å². The Kier molecular flexibility index (Phi) is 4.08. The van der Waals surface area contributed by atoms with Crippen LogP contribution in [-0.4, -0.2) is 19.7 Å². The lowest BCUT2D eigenvalue weighted by Gasteiger charge is -2.18. The van der Waals surface area contributed by atoms with E-state index in [0.717, 1.165) is 41.7 Å². The summed E-state index contributed by atoms with van der Waals surface area (Å²) in [5.74, 6) is 0.968. The van der Waals surface area contributed by atoms with Gasteiger partial charge in [0.15, 0.2) is 21.3 Å².